The van der Waals surface area contributed by atoms with Crippen molar-refractivity contribution in [3.05, 3.63) is 54.1 Å². The van der Waals surface area contributed by atoms with Crippen LogP contribution >= 0.6 is 0 Å². The molecule has 2 aromatic rings. The van der Waals surface area contributed by atoms with Crippen molar-refractivity contribution in [3.63, 3.8) is 0 Å². The number of amides is 2. The van der Waals surface area contributed by atoms with E-state index in [1.54, 1.807) is 24.3 Å². The number of carbonyl (C=O) groups is 2. The van der Waals surface area contributed by atoms with Crippen molar-refractivity contribution in [1.29, 1.82) is 5.26 Å². The molecule has 0 fully saturated rings. The van der Waals surface area contributed by atoms with Crippen LogP contribution in [0.2, 0.25) is 0 Å². The maximum Gasteiger partial charge on any atom is 0.258 e. The lowest BCUT2D eigenvalue weighted by Gasteiger charge is -2.08. The minimum Gasteiger partial charge on any atom is -0.484 e. The normalized spacial score (nSPS) is 9.67. The van der Waals surface area contributed by atoms with Gasteiger partial charge in [-0.05, 0) is 35.4 Å². The van der Waals surface area contributed by atoms with Gasteiger partial charge in [-0.25, -0.2) is 0 Å². The summed E-state index contributed by atoms with van der Waals surface area (Å²) >= 11 is 0. The zero-order chi connectivity index (χ0) is 17.4. The molecular weight excluding hydrogens is 306 g/mol. The number of nitrogens with one attached hydrogen (secondary N) is 2. The second-order valence-corrected chi connectivity index (χ2v) is 4.95. The first-order valence-electron chi connectivity index (χ1n) is 7.33. The molecule has 24 heavy (non-hydrogen) atoms. The smallest absolute Gasteiger partial charge is 0.258 e. The van der Waals surface area contributed by atoms with Crippen molar-refractivity contribution in [1.82, 2.24) is 10.6 Å². The van der Waals surface area contributed by atoms with Gasteiger partial charge in [-0.2, -0.15) is 5.26 Å². The van der Waals surface area contributed by atoms with Crippen molar-refractivity contribution in [3.8, 4) is 22.9 Å². The average molecular weight is 323 g/mol. The highest BCUT2D eigenvalue weighted by molar-refractivity contribution is 5.85. The van der Waals surface area contributed by atoms with Crippen LogP contribution in [0.25, 0.3) is 11.1 Å². The minimum absolute atomic E-state index is 0.0731. The van der Waals surface area contributed by atoms with Gasteiger partial charge in [0, 0.05) is 7.05 Å². The minimum atomic E-state index is -0.366. The molecule has 0 saturated heterocycles. The first kappa shape index (κ1) is 17.0. The first-order valence-corrected chi connectivity index (χ1v) is 7.33. The van der Waals surface area contributed by atoms with E-state index in [1.165, 1.54) is 7.05 Å². The highest BCUT2D eigenvalue weighted by Gasteiger charge is 2.05. The monoisotopic (exact) mass is 323 g/mol. The molecule has 6 heteroatoms. The zero-order valence-electron chi connectivity index (χ0n) is 13.2. The topological polar surface area (TPSA) is 91.2 Å². The highest BCUT2D eigenvalue weighted by atomic mass is 16.5. The molecule has 0 atom stereocenters. The van der Waals surface area contributed by atoms with Gasteiger partial charge in [-0.15, -0.1) is 0 Å². The Morgan fingerprint density at radius 2 is 1.58 bits per heavy atom. The van der Waals surface area contributed by atoms with E-state index in [0.29, 0.717) is 11.3 Å². The van der Waals surface area contributed by atoms with Crippen LogP contribution in [0.15, 0.2) is 48.5 Å². The average Bonchev–Trinajstić information content (AvgIpc) is 2.64. The maximum atomic E-state index is 11.5. The van der Waals surface area contributed by atoms with Gasteiger partial charge in [0.05, 0.1) is 18.2 Å². The van der Waals surface area contributed by atoms with E-state index >= 15 is 0 Å². The van der Waals surface area contributed by atoms with Crippen LogP contribution in [-0.4, -0.2) is 32.0 Å². The Kier molecular flexibility index (Phi) is 5.92. The van der Waals surface area contributed by atoms with Crippen LogP contribution in [-0.2, 0) is 9.59 Å². The van der Waals surface area contributed by atoms with Gasteiger partial charge in [-0.3, -0.25) is 9.59 Å². The van der Waals surface area contributed by atoms with Gasteiger partial charge in [-0.1, -0.05) is 24.3 Å². The van der Waals surface area contributed by atoms with Crippen LogP contribution in [0.3, 0.4) is 0 Å². The van der Waals surface area contributed by atoms with Crippen molar-refractivity contribution in [2.75, 3.05) is 20.2 Å². The number of benzene rings is 2. The van der Waals surface area contributed by atoms with Gasteiger partial charge >= 0.3 is 0 Å². The summed E-state index contributed by atoms with van der Waals surface area (Å²) in [6, 6.07) is 16.6. The lowest BCUT2D eigenvalue weighted by molar-refractivity contribution is -0.127. The van der Waals surface area contributed by atoms with E-state index in [9.17, 15) is 9.59 Å². The Hall–Kier alpha value is -3.33. The van der Waals surface area contributed by atoms with Gasteiger partial charge in [0.1, 0.15) is 5.75 Å². The number of rotatable bonds is 6. The molecule has 0 aliphatic rings. The third-order valence-electron chi connectivity index (χ3n) is 3.30. The van der Waals surface area contributed by atoms with E-state index in [0.717, 1.165) is 11.1 Å². The number of carbonyl (C=O) groups excluding carboxylic acids is 2. The van der Waals surface area contributed by atoms with Gasteiger partial charge in [0.2, 0.25) is 5.91 Å². The molecule has 0 bridgehead atoms. The Morgan fingerprint density at radius 1 is 1.00 bits per heavy atom. The Balaban J connectivity index is 1.88. The summed E-state index contributed by atoms with van der Waals surface area (Å²) in [5, 5.41) is 13.7. The number of nitrogens with zero attached hydrogens (tertiary/aromatic N) is 1. The fourth-order valence-corrected chi connectivity index (χ4v) is 1.95. The molecule has 6 nitrogen and oxygen atoms in total. The van der Waals surface area contributed by atoms with Gasteiger partial charge in [0.25, 0.3) is 5.91 Å². The molecule has 0 radical (unpaired) electrons. The molecule has 2 aromatic carbocycles. The second kappa shape index (κ2) is 8.34. The predicted molar refractivity (Wildman–Crippen MR) is 89.2 cm³/mol. The number of likely N-dealkylation sites (N-methyl/N-ethyl adjacent to an activating group) is 1. The molecule has 2 N–H and O–H groups in total. The predicted octanol–water partition coefficient (Wildman–Crippen LogP) is 1.47. The van der Waals surface area contributed by atoms with E-state index in [2.05, 4.69) is 16.7 Å². The summed E-state index contributed by atoms with van der Waals surface area (Å²) in [5.74, 6) is -0.0765. The van der Waals surface area contributed by atoms with Crippen LogP contribution < -0.4 is 15.4 Å². The summed E-state index contributed by atoms with van der Waals surface area (Å²) in [6.07, 6.45) is 0. The van der Waals surface area contributed by atoms with Crippen molar-refractivity contribution in [2.45, 2.75) is 0 Å². The summed E-state index contributed by atoms with van der Waals surface area (Å²) in [6.45, 7) is -0.233. The SMILES string of the molecule is CNC(=O)CNC(=O)COc1ccc(-c2ccc(C#N)cc2)cc1. The summed E-state index contributed by atoms with van der Waals surface area (Å²) in [4.78, 5) is 22.6. The van der Waals surface area contributed by atoms with Crippen molar-refractivity contribution < 1.29 is 14.3 Å². The van der Waals surface area contributed by atoms with Gasteiger partial charge in [0.15, 0.2) is 6.61 Å². The molecule has 0 aliphatic heterocycles. The molecule has 0 aliphatic carbocycles. The summed E-state index contributed by atoms with van der Waals surface area (Å²) in [5.41, 5.74) is 2.58. The van der Waals surface area contributed by atoms with E-state index in [4.69, 9.17) is 10.00 Å². The molecule has 0 aromatic heterocycles. The fraction of sp³-hybridized carbons (Fsp3) is 0.167. The summed E-state index contributed by atoms with van der Waals surface area (Å²) in [7, 11) is 1.50. The number of hydrogen-bond acceptors (Lipinski definition) is 4. The van der Waals surface area contributed by atoms with Gasteiger partial charge < -0.3 is 15.4 Å². The van der Waals surface area contributed by atoms with Crippen molar-refractivity contribution in [2.24, 2.45) is 0 Å². The van der Waals surface area contributed by atoms with E-state index in [-0.39, 0.29) is 25.0 Å². The Bertz CT molecular complexity index is 747. The van der Waals surface area contributed by atoms with Crippen molar-refractivity contribution >= 4 is 11.8 Å². The van der Waals surface area contributed by atoms with Crippen LogP contribution in [0, 0.1) is 11.3 Å². The second-order valence-electron chi connectivity index (χ2n) is 4.95. The molecule has 0 heterocycles. The number of nitriles is 1. The number of ether oxygens (including phenoxy) is 1. The third-order valence-corrected chi connectivity index (χ3v) is 3.30. The van der Waals surface area contributed by atoms with Crippen LogP contribution in [0.1, 0.15) is 5.56 Å². The largest absolute Gasteiger partial charge is 0.484 e. The maximum absolute atomic E-state index is 11.5. The fourth-order valence-electron chi connectivity index (χ4n) is 1.95. The standard InChI is InChI=1S/C18H17N3O3/c1-20-17(22)11-21-18(23)12-24-16-8-6-15(7-9-16)14-4-2-13(10-19)3-5-14/h2-9H,11-12H2,1H3,(H,20,22)(H,21,23). The molecule has 122 valence electrons. The van der Waals surface area contributed by atoms with Crippen LogP contribution in [0.4, 0.5) is 0 Å². The lowest BCUT2D eigenvalue weighted by Crippen LogP contribution is -2.37. The Morgan fingerprint density at radius 3 is 2.12 bits per heavy atom. The van der Waals surface area contributed by atoms with E-state index in [1.807, 2.05) is 24.3 Å². The highest BCUT2D eigenvalue weighted by Crippen LogP contribution is 2.22. The number of hydrogen-bond donors (Lipinski definition) is 2. The third kappa shape index (κ3) is 4.85. The quantitative estimate of drug-likeness (QED) is 0.842. The molecule has 2 rings (SSSR count). The molecular formula is C18H17N3O3. The Labute approximate surface area is 140 Å². The molecule has 0 unspecified atom stereocenters. The molecule has 0 spiro atoms. The van der Waals surface area contributed by atoms with E-state index < -0.39 is 0 Å². The first-order chi connectivity index (χ1) is 11.6. The zero-order valence-corrected chi connectivity index (χ0v) is 13.2. The van der Waals surface area contributed by atoms with Crippen LogP contribution in [0.5, 0.6) is 5.75 Å². The summed E-state index contributed by atoms with van der Waals surface area (Å²) < 4.78 is 5.37. The molecule has 2 amide bonds. The molecule has 0 saturated carbocycles. The lowest BCUT2D eigenvalue weighted by atomic mass is 10.0.